The van der Waals surface area contributed by atoms with Gasteiger partial charge in [-0.3, -0.25) is 9.10 Å². The molecule has 0 fully saturated rings. The third-order valence-electron chi connectivity index (χ3n) is 5.16. The van der Waals surface area contributed by atoms with E-state index in [1.807, 2.05) is 19.1 Å². The van der Waals surface area contributed by atoms with Gasteiger partial charge in [0.05, 0.1) is 23.7 Å². The lowest BCUT2D eigenvalue weighted by Gasteiger charge is -2.35. The molecule has 1 amide bonds. The van der Waals surface area contributed by atoms with Crippen molar-refractivity contribution in [3.63, 3.8) is 0 Å². The van der Waals surface area contributed by atoms with Crippen LogP contribution in [0.1, 0.15) is 6.92 Å². The summed E-state index contributed by atoms with van der Waals surface area (Å²) in [5.74, 6) is 0.680. The third-order valence-corrected chi connectivity index (χ3v) is 7.00. The molecular formula is C23H24N2O5S. The SMILES string of the molecule is CCOc1ccc(S(=O)(=O)N2CC(C(=O)N(C)C)Oc3ccccc32)c2ccccc12. The van der Waals surface area contributed by atoms with Gasteiger partial charge in [0.25, 0.3) is 15.9 Å². The topological polar surface area (TPSA) is 76.2 Å². The highest BCUT2D eigenvalue weighted by Crippen LogP contribution is 2.39. The van der Waals surface area contributed by atoms with Gasteiger partial charge in [0.2, 0.25) is 0 Å². The van der Waals surface area contributed by atoms with E-state index in [4.69, 9.17) is 9.47 Å². The smallest absolute Gasteiger partial charge is 0.265 e. The lowest BCUT2D eigenvalue weighted by atomic mass is 10.1. The van der Waals surface area contributed by atoms with Crippen molar-refractivity contribution >= 4 is 32.4 Å². The summed E-state index contributed by atoms with van der Waals surface area (Å²) in [5.41, 5.74) is 0.406. The summed E-state index contributed by atoms with van der Waals surface area (Å²) in [6.07, 6.45) is -0.936. The molecule has 7 nitrogen and oxygen atoms in total. The minimum atomic E-state index is -4.00. The van der Waals surface area contributed by atoms with E-state index in [9.17, 15) is 13.2 Å². The Bertz CT molecular complexity index is 1240. The predicted octanol–water partition coefficient (Wildman–Crippen LogP) is 3.28. The van der Waals surface area contributed by atoms with Crippen LogP contribution in [0.4, 0.5) is 5.69 Å². The van der Waals surface area contributed by atoms with E-state index in [1.165, 1.54) is 9.21 Å². The molecule has 3 aromatic carbocycles. The molecule has 0 saturated heterocycles. The molecule has 31 heavy (non-hydrogen) atoms. The number of benzene rings is 3. The van der Waals surface area contributed by atoms with Crippen LogP contribution in [-0.4, -0.2) is 52.6 Å². The molecule has 0 radical (unpaired) electrons. The first-order valence-electron chi connectivity index (χ1n) is 9.98. The van der Waals surface area contributed by atoms with Crippen molar-refractivity contribution in [3.8, 4) is 11.5 Å². The lowest BCUT2D eigenvalue weighted by molar-refractivity contribution is -0.135. The number of hydrogen-bond acceptors (Lipinski definition) is 5. The minimum Gasteiger partial charge on any atom is -0.493 e. The van der Waals surface area contributed by atoms with Crippen LogP contribution in [0.25, 0.3) is 10.8 Å². The number of sulfonamides is 1. The summed E-state index contributed by atoms with van der Waals surface area (Å²) in [6, 6.07) is 17.3. The average Bonchev–Trinajstić information content (AvgIpc) is 2.78. The summed E-state index contributed by atoms with van der Waals surface area (Å²) < 4.78 is 40.5. The molecule has 1 aliphatic heterocycles. The Morgan fingerprint density at radius 3 is 2.45 bits per heavy atom. The Balaban J connectivity index is 1.87. The van der Waals surface area contributed by atoms with E-state index >= 15 is 0 Å². The van der Waals surface area contributed by atoms with Crippen molar-refractivity contribution in [3.05, 3.63) is 60.7 Å². The van der Waals surface area contributed by atoms with E-state index in [2.05, 4.69) is 0 Å². The first-order chi connectivity index (χ1) is 14.8. The molecule has 1 heterocycles. The Kier molecular flexibility index (Phi) is 5.49. The first kappa shape index (κ1) is 21.0. The van der Waals surface area contributed by atoms with Gasteiger partial charge in [-0.1, -0.05) is 36.4 Å². The molecule has 162 valence electrons. The van der Waals surface area contributed by atoms with E-state index in [0.29, 0.717) is 34.6 Å². The Morgan fingerprint density at radius 1 is 1.06 bits per heavy atom. The van der Waals surface area contributed by atoms with Gasteiger partial charge < -0.3 is 14.4 Å². The zero-order valence-electron chi connectivity index (χ0n) is 17.6. The fourth-order valence-corrected chi connectivity index (χ4v) is 5.39. The van der Waals surface area contributed by atoms with Crippen LogP contribution in [0.3, 0.4) is 0 Å². The number of likely N-dealkylation sites (N-methyl/N-ethyl adjacent to an activating group) is 1. The van der Waals surface area contributed by atoms with Gasteiger partial charge in [-0.15, -0.1) is 0 Å². The third kappa shape index (κ3) is 3.67. The quantitative estimate of drug-likeness (QED) is 0.609. The highest BCUT2D eigenvalue weighted by atomic mass is 32.2. The number of para-hydroxylation sites is 2. The molecule has 8 heteroatoms. The number of nitrogens with zero attached hydrogens (tertiary/aromatic N) is 2. The van der Waals surface area contributed by atoms with Crippen molar-refractivity contribution in [2.75, 3.05) is 31.6 Å². The highest BCUT2D eigenvalue weighted by Gasteiger charge is 2.38. The number of ether oxygens (including phenoxy) is 2. The van der Waals surface area contributed by atoms with Crippen LogP contribution in [-0.2, 0) is 14.8 Å². The second-order valence-corrected chi connectivity index (χ2v) is 9.21. The zero-order valence-corrected chi connectivity index (χ0v) is 18.4. The summed E-state index contributed by atoms with van der Waals surface area (Å²) in [6.45, 7) is 2.24. The first-order valence-corrected chi connectivity index (χ1v) is 11.4. The maximum Gasteiger partial charge on any atom is 0.265 e. The van der Waals surface area contributed by atoms with Gasteiger partial charge in [0.15, 0.2) is 6.10 Å². The standard InChI is InChI=1S/C23H24N2O5S/c1-4-29-19-13-14-22(17-10-6-5-9-16(17)19)31(27,28)25-15-21(23(26)24(2)3)30-20-12-8-7-11-18(20)25/h5-14,21H,4,15H2,1-3H3. The van der Waals surface area contributed by atoms with Gasteiger partial charge in [0.1, 0.15) is 11.5 Å². The summed E-state index contributed by atoms with van der Waals surface area (Å²) in [4.78, 5) is 14.2. The molecule has 3 aromatic rings. The number of hydrogen-bond donors (Lipinski definition) is 0. The van der Waals surface area contributed by atoms with Gasteiger partial charge in [-0.25, -0.2) is 8.42 Å². The van der Waals surface area contributed by atoms with Crippen LogP contribution < -0.4 is 13.8 Å². The van der Waals surface area contributed by atoms with Crippen LogP contribution in [0, 0.1) is 0 Å². The number of rotatable bonds is 5. The largest absolute Gasteiger partial charge is 0.493 e. The maximum atomic E-state index is 13.9. The fourth-order valence-electron chi connectivity index (χ4n) is 3.72. The van der Waals surface area contributed by atoms with Crippen LogP contribution >= 0.6 is 0 Å². The number of fused-ring (bicyclic) bond motifs is 2. The fraction of sp³-hybridized carbons (Fsp3) is 0.261. The highest BCUT2D eigenvalue weighted by molar-refractivity contribution is 7.93. The van der Waals surface area contributed by atoms with Gasteiger partial charge >= 0.3 is 0 Å². The van der Waals surface area contributed by atoms with Gasteiger partial charge in [-0.2, -0.15) is 0 Å². The van der Waals surface area contributed by atoms with Crippen molar-refractivity contribution in [1.29, 1.82) is 0 Å². The van der Waals surface area contributed by atoms with Crippen LogP contribution in [0.2, 0.25) is 0 Å². The minimum absolute atomic E-state index is 0.113. The number of carbonyl (C=O) groups excluding carboxylic acids is 1. The van der Waals surface area contributed by atoms with Gasteiger partial charge in [0, 0.05) is 24.9 Å². The summed E-state index contributed by atoms with van der Waals surface area (Å²) in [5, 5.41) is 1.28. The molecule has 0 spiro atoms. The molecule has 0 bridgehead atoms. The molecule has 1 atom stereocenters. The van der Waals surface area contributed by atoms with Crippen LogP contribution in [0.5, 0.6) is 11.5 Å². The maximum absolute atomic E-state index is 13.9. The van der Waals surface area contributed by atoms with Crippen LogP contribution in [0.15, 0.2) is 65.6 Å². The number of anilines is 1. The second kappa shape index (κ2) is 8.11. The zero-order chi connectivity index (χ0) is 22.2. The lowest BCUT2D eigenvalue weighted by Crippen LogP contribution is -2.50. The molecule has 0 aliphatic carbocycles. The predicted molar refractivity (Wildman–Crippen MR) is 119 cm³/mol. The van der Waals surface area contributed by atoms with Gasteiger partial charge in [-0.05, 0) is 31.2 Å². The summed E-state index contributed by atoms with van der Waals surface area (Å²) >= 11 is 0. The molecule has 1 aliphatic rings. The van der Waals surface area contributed by atoms with Crippen molar-refractivity contribution in [2.24, 2.45) is 0 Å². The number of carbonyl (C=O) groups is 1. The molecule has 4 rings (SSSR count). The van der Waals surface area contributed by atoms with E-state index in [0.717, 1.165) is 0 Å². The monoisotopic (exact) mass is 440 g/mol. The van der Waals surface area contributed by atoms with E-state index in [-0.39, 0.29) is 17.3 Å². The summed E-state index contributed by atoms with van der Waals surface area (Å²) in [7, 11) is -0.767. The van der Waals surface area contributed by atoms with Crippen molar-refractivity contribution < 1.29 is 22.7 Å². The Hall–Kier alpha value is -3.26. The van der Waals surface area contributed by atoms with E-state index in [1.54, 1.807) is 62.6 Å². The Morgan fingerprint density at radius 2 is 1.74 bits per heavy atom. The second-order valence-electron chi connectivity index (χ2n) is 7.38. The molecule has 0 saturated carbocycles. The normalized spacial score (nSPS) is 15.8. The van der Waals surface area contributed by atoms with Crippen molar-refractivity contribution in [1.82, 2.24) is 4.90 Å². The molecular weight excluding hydrogens is 416 g/mol. The number of amides is 1. The molecule has 0 N–H and O–H groups in total. The molecule has 1 unspecified atom stereocenters. The average molecular weight is 441 g/mol. The molecule has 0 aromatic heterocycles. The Labute approximate surface area is 181 Å². The van der Waals surface area contributed by atoms with Crippen molar-refractivity contribution in [2.45, 2.75) is 17.9 Å². The van der Waals surface area contributed by atoms with E-state index < -0.39 is 16.1 Å².